The van der Waals surface area contributed by atoms with Gasteiger partial charge in [0.1, 0.15) is 30.5 Å². The molecule has 5 aromatic rings. The van der Waals surface area contributed by atoms with Crippen molar-refractivity contribution in [1.29, 1.82) is 0 Å². The highest BCUT2D eigenvalue weighted by atomic mass is 16.6. The fourth-order valence-electron chi connectivity index (χ4n) is 6.10. The molecule has 0 aliphatic carbocycles. The average molecular weight is 645 g/mol. The Balaban J connectivity index is 1.36. The summed E-state index contributed by atoms with van der Waals surface area (Å²) < 4.78 is 33.8. The number of aliphatic hydroxyl groups excluding tert-OH is 1. The lowest BCUT2D eigenvalue weighted by Gasteiger charge is -2.46. The van der Waals surface area contributed by atoms with Crippen molar-refractivity contribution in [3.8, 4) is 0 Å². The van der Waals surface area contributed by atoms with Crippen LogP contribution < -0.4 is 0 Å². The lowest BCUT2D eigenvalue weighted by Crippen LogP contribution is -2.58. The van der Waals surface area contributed by atoms with E-state index in [2.05, 4.69) is 54.6 Å². The molecule has 48 heavy (non-hydrogen) atoms. The van der Waals surface area contributed by atoms with Gasteiger partial charge in [0.15, 0.2) is 0 Å². The first-order chi connectivity index (χ1) is 23.7. The van der Waals surface area contributed by atoms with E-state index in [1.54, 1.807) is 0 Å². The van der Waals surface area contributed by atoms with Gasteiger partial charge in [-0.1, -0.05) is 140 Å². The molecule has 1 saturated heterocycles. The normalized spacial score (nSPS) is 20.8. The van der Waals surface area contributed by atoms with Crippen LogP contribution in [0.1, 0.15) is 45.0 Å². The van der Waals surface area contributed by atoms with Crippen LogP contribution in [0.3, 0.4) is 0 Å². The van der Waals surface area contributed by atoms with Gasteiger partial charge in [-0.2, -0.15) is 0 Å². The van der Waals surface area contributed by atoms with E-state index in [4.69, 9.17) is 23.7 Å². The molecule has 6 nitrogen and oxygen atoms in total. The molecule has 1 aliphatic heterocycles. The second-order valence-corrected chi connectivity index (χ2v) is 12.2. The summed E-state index contributed by atoms with van der Waals surface area (Å²) in [5.41, 5.74) is 7.01. The summed E-state index contributed by atoms with van der Waals surface area (Å²) in [7, 11) is 0. The lowest BCUT2D eigenvalue weighted by molar-refractivity contribution is -0.275. The van der Waals surface area contributed by atoms with Gasteiger partial charge in [0.2, 0.25) is 0 Å². The number of aryl methyl sites for hydroxylation is 1. The van der Waals surface area contributed by atoms with Gasteiger partial charge in [0.05, 0.1) is 39.6 Å². The second kappa shape index (κ2) is 17.3. The van der Waals surface area contributed by atoms with Crippen LogP contribution >= 0.6 is 0 Å². The highest BCUT2D eigenvalue weighted by molar-refractivity contribution is 5.33. The highest BCUT2D eigenvalue weighted by Crippen LogP contribution is 2.39. The van der Waals surface area contributed by atoms with Crippen LogP contribution in [-0.2, 0) is 56.7 Å². The third-order valence-electron chi connectivity index (χ3n) is 8.76. The molecule has 1 aliphatic rings. The summed E-state index contributed by atoms with van der Waals surface area (Å²) in [6.07, 6.45) is -2.54. The van der Waals surface area contributed by atoms with E-state index in [1.807, 2.05) is 91.9 Å². The number of rotatable bonds is 15. The van der Waals surface area contributed by atoms with Gasteiger partial charge in [-0.05, 0) is 45.9 Å². The Bertz CT molecular complexity index is 1650. The van der Waals surface area contributed by atoms with Crippen LogP contribution in [0.2, 0.25) is 0 Å². The first-order valence-electron chi connectivity index (χ1n) is 16.6. The smallest absolute Gasteiger partial charge is 0.117 e. The van der Waals surface area contributed by atoms with Crippen molar-refractivity contribution < 1.29 is 28.8 Å². The van der Waals surface area contributed by atoms with Crippen molar-refractivity contribution in [2.75, 3.05) is 6.61 Å². The second-order valence-electron chi connectivity index (χ2n) is 12.2. The van der Waals surface area contributed by atoms with Gasteiger partial charge >= 0.3 is 0 Å². The quantitative estimate of drug-likeness (QED) is 0.125. The third-order valence-corrected chi connectivity index (χ3v) is 8.76. The van der Waals surface area contributed by atoms with Crippen molar-refractivity contribution in [2.24, 2.45) is 0 Å². The molecule has 1 unspecified atom stereocenters. The Labute approximate surface area is 283 Å². The van der Waals surface area contributed by atoms with Gasteiger partial charge in [0, 0.05) is 0 Å². The molecule has 5 aromatic carbocycles. The minimum atomic E-state index is -0.533. The third kappa shape index (κ3) is 9.05. The Hall–Kier alpha value is -4.14. The molecule has 6 rings (SSSR count). The molecule has 248 valence electrons. The van der Waals surface area contributed by atoms with Crippen molar-refractivity contribution in [3.63, 3.8) is 0 Å². The Morgan fingerprint density at radius 2 is 1.00 bits per heavy atom. The summed E-state index contributed by atoms with van der Waals surface area (Å²) in [5.74, 6) is 0. The predicted molar refractivity (Wildman–Crippen MR) is 186 cm³/mol. The Morgan fingerprint density at radius 1 is 0.542 bits per heavy atom. The number of hydrogen-bond acceptors (Lipinski definition) is 6. The van der Waals surface area contributed by atoms with E-state index >= 15 is 0 Å². The summed E-state index contributed by atoms with van der Waals surface area (Å²) in [6, 6.07) is 46.6. The largest absolute Gasteiger partial charge is 0.392 e. The van der Waals surface area contributed by atoms with Crippen LogP contribution in [0.25, 0.3) is 0 Å². The lowest BCUT2D eigenvalue weighted by atomic mass is 9.89. The zero-order chi connectivity index (χ0) is 33.0. The van der Waals surface area contributed by atoms with Crippen LogP contribution in [0, 0.1) is 6.92 Å². The summed E-state index contributed by atoms with van der Waals surface area (Å²) >= 11 is 0. The maximum absolute atomic E-state index is 10.2. The molecule has 0 radical (unpaired) electrons. The predicted octanol–water partition coefficient (Wildman–Crippen LogP) is 7.90. The number of aliphatic hydroxyl groups is 1. The summed E-state index contributed by atoms with van der Waals surface area (Å²) in [5, 5.41) is 10.2. The molecular weight excluding hydrogens is 600 g/mol. The molecule has 6 heteroatoms. The molecular formula is C42H44O6. The van der Waals surface area contributed by atoms with Gasteiger partial charge < -0.3 is 28.8 Å². The molecule has 0 bridgehead atoms. The maximum atomic E-state index is 10.2. The van der Waals surface area contributed by atoms with E-state index in [-0.39, 0.29) is 6.61 Å². The summed E-state index contributed by atoms with van der Waals surface area (Å²) in [4.78, 5) is 0. The fraction of sp³-hybridized carbons (Fsp3) is 0.286. The van der Waals surface area contributed by atoms with E-state index < -0.39 is 30.5 Å². The minimum absolute atomic E-state index is 0.0672. The Kier molecular flexibility index (Phi) is 12.2. The van der Waals surface area contributed by atoms with E-state index in [0.29, 0.717) is 33.0 Å². The first-order valence-corrected chi connectivity index (χ1v) is 16.6. The number of benzene rings is 5. The molecule has 1 heterocycles. The van der Waals surface area contributed by atoms with Crippen molar-refractivity contribution in [3.05, 3.63) is 178 Å². The van der Waals surface area contributed by atoms with Gasteiger partial charge in [-0.15, -0.1) is 0 Å². The standard InChI is InChI=1S/C42H44O6/c1-31-22-23-36(24-37(31)25-43)39-41(46-28-34-18-10-4-11-19-34)42(47-29-35-20-12-5-13-21-35)40(45-27-33-16-8-3-9-17-33)38(48-39)30-44-26-32-14-6-2-7-15-32/h2-24,38-43H,25-30H2,1H3/t38-,39?,40-,41+,42+/m1/s1. The Morgan fingerprint density at radius 3 is 1.50 bits per heavy atom. The topological polar surface area (TPSA) is 66.4 Å². The van der Waals surface area contributed by atoms with E-state index in [9.17, 15) is 5.11 Å². The van der Waals surface area contributed by atoms with E-state index in [1.165, 1.54) is 0 Å². The van der Waals surface area contributed by atoms with Crippen LogP contribution in [-0.4, -0.2) is 36.1 Å². The summed E-state index contributed by atoms with van der Waals surface area (Å²) in [6.45, 7) is 3.80. The van der Waals surface area contributed by atoms with Crippen molar-refractivity contribution in [2.45, 2.75) is 70.5 Å². The maximum Gasteiger partial charge on any atom is 0.117 e. The van der Waals surface area contributed by atoms with Crippen LogP contribution in [0.5, 0.6) is 0 Å². The number of hydrogen-bond donors (Lipinski definition) is 1. The highest BCUT2D eigenvalue weighted by Gasteiger charge is 2.49. The first kappa shape index (κ1) is 33.7. The van der Waals surface area contributed by atoms with Crippen LogP contribution in [0.4, 0.5) is 0 Å². The van der Waals surface area contributed by atoms with Crippen LogP contribution in [0.15, 0.2) is 140 Å². The monoisotopic (exact) mass is 644 g/mol. The molecule has 1 N–H and O–H groups in total. The zero-order valence-electron chi connectivity index (χ0n) is 27.4. The van der Waals surface area contributed by atoms with Gasteiger partial charge in [-0.3, -0.25) is 0 Å². The SMILES string of the molecule is Cc1ccc(C2O[C@H](COCc3ccccc3)[C@@H](OCc3ccccc3)[C@H](OCc3ccccc3)[C@H]2OCc2ccccc2)cc1CO. The number of ether oxygens (including phenoxy) is 5. The molecule has 0 aromatic heterocycles. The zero-order valence-corrected chi connectivity index (χ0v) is 27.4. The molecule has 1 fully saturated rings. The average Bonchev–Trinajstić information content (AvgIpc) is 3.14. The van der Waals surface area contributed by atoms with Gasteiger partial charge in [-0.25, -0.2) is 0 Å². The van der Waals surface area contributed by atoms with Crippen molar-refractivity contribution >= 4 is 0 Å². The minimum Gasteiger partial charge on any atom is -0.392 e. The fourth-order valence-corrected chi connectivity index (χ4v) is 6.10. The van der Waals surface area contributed by atoms with Crippen molar-refractivity contribution in [1.82, 2.24) is 0 Å². The molecule has 0 spiro atoms. The molecule has 5 atom stereocenters. The molecule has 0 amide bonds. The van der Waals surface area contributed by atoms with E-state index in [0.717, 1.165) is 38.9 Å². The van der Waals surface area contributed by atoms with Gasteiger partial charge in [0.25, 0.3) is 0 Å². The molecule has 0 saturated carbocycles.